The van der Waals surface area contributed by atoms with Gasteiger partial charge >= 0.3 is 0 Å². The monoisotopic (exact) mass is 518 g/mol. The van der Waals surface area contributed by atoms with Crippen LogP contribution in [-0.2, 0) is 0 Å². The molecule has 3 aliphatic rings. The zero-order valence-corrected chi connectivity index (χ0v) is 23.2. The first-order chi connectivity index (χ1) is 19.4. The Labute approximate surface area is 234 Å². The topological polar surface area (TPSA) is 26.3 Å². The fourth-order valence-corrected chi connectivity index (χ4v) is 7.04. The highest BCUT2D eigenvalue weighted by Crippen LogP contribution is 2.62. The number of fused-ring (bicyclic) bond motifs is 5. The van der Waals surface area contributed by atoms with E-state index in [1.54, 1.807) is 0 Å². The molecule has 0 radical (unpaired) electrons. The summed E-state index contributed by atoms with van der Waals surface area (Å²) in [6.45, 7) is 9.00. The van der Waals surface area contributed by atoms with Gasteiger partial charge in [0, 0.05) is 33.2 Å². The second kappa shape index (κ2) is 8.22. The van der Waals surface area contributed by atoms with E-state index in [-0.39, 0.29) is 11.3 Å². The van der Waals surface area contributed by atoms with E-state index in [9.17, 15) is 0 Å². The molecule has 1 unspecified atom stereocenters. The van der Waals surface area contributed by atoms with Gasteiger partial charge in [-0.15, -0.1) is 0 Å². The Balaban J connectivity index is 1.36. The van der Waals surface area contributed by atoms with Gasteiger partial charge in [0.05, 0.1) is 0 Å². The van der Waals surface area contributed by atoms with Crippen LogP contribution < -0.4 is 10.6 Å². The molecule has 8 rings (SSSR count). The lowest BCUT2D eigenvalue weighted by Gasteiger charge is -2.42. The standard InChI is InChI=1S/C38H30O2/c1-22-10-14-24(15-11-22)31-18-27-33(39-31)20-29-35(26-8-6-5-7-9-26)30-21-34-28(37(30)38(3,4)36(27)29)19-32(40-34)25-16-12-23(2)13-17-25/h5-21,36H,1-4H3. The first-order valence-corrected chi connectivity index (χ1v) is 14.0. The SMILES string of the molecule is Cc1ccc(-c2cc3c(o2)C=C2C(c4ccccc4)=C4C=c5oc(-c6ccc(C)cc6)cc5=C4C(C)(C)C23)cc1. The van der Waals surface area contributed by atoms with Crippen LogP contribution in [0.5, 0.6) is 0 Å². The number of hydrogen-bond acceptors (Lipinski definition) is 2. The Kier molecular flexibility index (Phi) is 4.80. The molecule has 194 valence electrons. The molecule has 0 spiro atoms. The van der Waals surface area contributed by atoms with Crippen molar-refractivity contribution in [3.8, 4) is 22.6 Å². The molecule has 0 bridgehead atoms. The minimum Gasteiger partial charge on any atom is -0.456 e. The van der Waals surface area contributed by atoms with Crippen LogP contribution in [0.15, 0.2) is 111 Å². The predicted octanol–water partition coefficient (Wildman–Crippen LogP) is 8.44. The summed E-state index contributed by atoms with van der Waals surface area (Å²) >= 11 is 0. The zero-order chi connectivity index (χ0) is 27.2. The van der Waals surface area contributed by atoms with Crippen LogP contribution >= 0.6 is 0 Å². The van der Waals surface area contributed by atoms with E-state index in [0.717, 1.165) is 33.8 Å². The van der Waals surface area contributed by atoms with Crippen molar-refractivity contribution in [2.45, 2.75) is 33.6 Å². The van der Waals surface area contributed by atoms with Gasteiger partial charge in [-0.05, 0) is 66.0 Å². The van der Waals surface area contributed by atoms with Gasteiger partial charge in [-0.25, -0.2) is 0 Å². The van der Waals surface area contributed by atoms with Crippen molar-refractivity contribution in [2.24, 2.45) is 5.41 Å². The molecule has 2 heteroatoms. The molecule has 0 fully saturated rings. The summed E-state index contributed by atoms with van der Waals surface area (Å²) in [4.78, 5) is 0. The summed E-state index contributed by atoms with van der Waals surface area (Å²) in [7, 11) is 0. The van der Waals surface area contributed by atoms with Crippen LogP contribution in [0.25, 0.3) is 45.9 Å². The van der Waals surface area contributed by atoms with Gasteiger partial charge in [0.1, 0.15) is 22.7 Å². The summed E-state index contributed by atoms with van der Waals surface area (Å²) < 4.78 is 13.1. The molecule has 0 saturated carbocycles. The molecular formula is C38H30O2. The molecule has 2 nitrogen and oxygen atoms in total. The maximum absolute atomic E-state index is 6.55. The van der Waals surface area contributed by atoms with E-state index in [4.69, 9.17) is 8.83 Å². The molecule has 0 saturated heterocycles. The third-order valence-corrected chi connectivity index (χ3v) is 8.93. The van der Waals surface area contributed by atoms with Crippen molar-refractivity contribution in [3.63, 3.8) is 0 Å². The normalized spacial score (nSPS) is 18.1. The van der Waals surface area contributed by atoms with Crippen molar-refractivity contribution >= 4 is 23.3 Å². The highest BCUT2D eigenvalue weighted by Gasteiger charge is 2.49. The maximum atomic E-state index is 6.55. The van der Waals surface area contributed by atoms with E-state index in [1.165, 1.54) is 49.8 Å². The molecule has 40 heavy (non-hydrogen) atoms. The quantitative estimate of drug-likeness (QED) is 0.240. The van der Waals surface area contributed by atoms with Crippen LogP contribution in [0.2, 0.25) is 0 Å². The third-order valence-electron chi connectivity index (χ3n) is 8.93. The summed E-state index contributed by atoms with van der Waals surface area (Å²) in [6, 6.07) is 32.5. The highest BCUT2D eigenvalue weighted by atomic mass is 16.3. The fraction of sp³-hybridized carbons (Fsp3) is 0.158. The van der Waals surface area contributed by atoms with Gasteiger partial charge < -0.3 is 8.83 Å². The number of furan rings is 2. The minimum atomic E-state index is -0.171. The van der Waals surface area contributed by atoms with E-state index in [0.29, 0.717) is 0 Å². The number of rotatable bonds is 3. The van der Waals surface area contributed by atoms with Gasteiger partial charge in [0.15, 0.2) is 0 Å². The predicted molar refractivity (Wildman–Crippen MR) is 163 cm³/mol. The first-order valence-electron chi connectivity index (χ1n) is 14.0. The van der Waals surface area contributed by atoms with Crippen LogP contribution in [0.3, 0.4) is 0 Å². The van der Waals surface area contributed by atoms with E-state index < -0.39 is 0 Å². The molecule has 2 aromatic heterocycles. The summed E-state index contributed by atoms with van der Waals surface area (Å²) in [5.41, 5.74) is 13.2. The van der Waals surface area contributed by atoms with Gasteiger partial charge in [-0.3, -0.25) is 0 Å². The number of hydrogen-bond donors (Lipinski definition) is 0. The van der Waals surface area contributed by atoms with Crippen molar-refractivity contribution in [1.29, 1.82) is 0 Å². The van der Waals surface area contributed by atoms with Crippen LogP contribution in [0.4, 0.5) is 0 Å². The summed E-state index contributed by atoms with van der Waals surface area (Å²) in [5, 5.41) is 1.21. The highest BCUT2D eigenvalue weighted by molar-refractivity contribution is 6.06. The molecule has 3 aromatic carbocycles. The fourth-order valence-electron chi connectivity index (χ4n) is 7.04. The molecule has 1 atom stereocenters. The van der Waals surface area contributed by atoms with Gasteiger partial charge in [-0.2, -0.15) is 0 Å². The third kappa shape index (κ3) is 3.29. The lowest BCUT2D eigenvalue weighted by Crippen LogP contribution is -2.33. The van der Waals surface area contributed by atoms with Crippen molar-refractivity contribution in [2.75, 3.05) is 0 Å². The first kappa shape index (κ1) is 23.3. The smallest absolute Gasteiger partial charge is 0.135 e. The number of allylic oxidation sites excluding steroid dienone is 3. The molecular weight excluding hydrogens is 488 g/mol. The Bertz CT molecular complexity index is 2010. The Morgan fingerprint density at radius 3 is 1.93 bits per heavy atom. The van der Waals surface area contributed by atoms with Crippen molar-refractivity contribution in [3.05, 3.63) is 141 Å². The molecule has 3 aliphatic carbocycles. The lowest BCUT2D eigenvalue weighted by molar-refractivity contribution is 0.432. The van der Waals surface area contributed by atoms with Gasteiger partial charge in [0.25, 0.3) is 0 Å². The van der Waals surface area contributed by atoms with Gasteiger partial charge in [-0.1, -0.05) is 104 Å². The Morgan fingerprint density at radius 1 is 0.650 bits per heavy atom. The Hall–Kier alpha value is -4.56. The van der Waals surface area contributed by atoms with Crippen LogP contribution in [0.1, 0.15) is 47.8 Å². The van der Waals surface area contributed by atoms with Gasteiger partial charge in [0.2, 0.25) is 0 Å². The molecule has 0 aliphatic heterocycles. The number of aryl methyl sites for hydroxylation is 2. The maximum Gasteiger partial charge on any atom is 0.135 e. The molecule has 5 aromatic rings. The number of benzene rings is 3. The van der Waals surface area contributed by atoms with Crippen LogP contribution in [0, 0.1) is 19.3 Å². The van der Waals surface area contributed by atoms with E-state index >= 15 is 0 Å². The average molecular weight is 519 g/mol. The van der Waals surface area contributed by atoms with Crippen molar-refractivity contribution in [1.82, 2.24) is 0 Å². The molecule has 2 heterocycles. The second-order valence-electron chi connectivity index (χ2n) is 12.0. The largest absolute Gasteiger partial charge is 0.456 e. The van der Waals surface area contributed by atoms with E-state index in [2.05, 4.69) is 131 Å². The Morgan fingerprint density at radius 2 is 1.27 bits per heavy atom. The average Bonchev–Trinajstić information content (AvgIpc) is 3.69. The lowest BCUT2D eigenvalue weighted by atomic mass is 9.60. The summed E-state index contributed by atoms with van der Waals surface area (Å²) in [6.07, 6.45) is 4.55. The van der Waals surface area contributed by atoms with Crippen molar-refractivity contribution < 1.29 is 8.83 Å². The summed E-state index contributed by atoms with van der Waals surface area (Å²) in [5.74, 6) is 3.01. The minimum absolute atomic E-state index is 0.171. The molecule has 0 N–H and O–H groups in total. The second-order valence-corrected chi connectivity index (χ2v) is 12.0. The zero-order valence-electron chi connectivity index (χ0n) is 23.2. The molecule has 0 amide bonds. The van der Waals surface area contributed by atoms with E-state index in [1.807, 2.05) is 0 Å². The van der Waals surface area contributed by atoms with Crippen LogP contribution in [-0.4, -0.2) is 0 Å².